The molecule has 1 N–H and O–H groups in total. The fourth-order valence-electron chi connectivity index (χ4n) is 2.89. The van der Waals surface area contributed by atoms with Crippen LogP contribution < -0.4 is 14.8 Å². The van der Waals surface area contributed by atoms with Gasteiger partial charge in [-0.25, -0.2) is 0 Å². The van der Waals surface area contributed by atoms with Crippen molar-refractivity contribution in [1.82, 2.24) is 5.32 Å². The lowest BCUT2D eigenvalue weighted by Crippen LogP contribution is -2.35. The van der Waals surface area contributed by atoms with Crippen LogP contribution in [-0.2, 0) is 9.53 Å². The van der Waals surface area contributed by atoms with Gasteiger partial charge in [0.25, 0.3) is 6.47 Å². The quantitative estimate of drug-likeness (QED) is 0.636. The molecule has 0 aliphatic carbocycles. The van der Waals surface area contributed by atoms with E-state index in [2.05, 4.69) is 10.1 Å². The van der Waals surface area contributed by atoms with Gasteiger partial charge in [0, 0.05) is 12.1 Å². The summed E-state index contributed by atoms with van der Waals surface area (Å²) in [5.41, 5.74) is -0.318. The molecule has 1 atom stereocenters. The number of carbonyl (C=O) groups excluding carboxylic acids is 1. The first kappa shape index (κ1) is 22.8. The molecule has 0 aromatic heterocycles. The third kappa shape index (κ3) is 9.99. The van der Waals surface area contributed by atoms with Crippen LogP contribution in [-0.4, -0.2) is 31.3 Å². The summed E-state index contributed by atoms with van der Waals surface area (Å²) in [6, 6.07) is 18.2. The largest absolute Gasteiger partial charge is 0.493 e. The Morgan fingerprint density at radius 3 is 2.34 bits per heavy atom. The Morgan fingerprint density at radius 2 is 1.72 bits per heavy atom. The number of hydrogen-bond donors (Lipinski definition) is 1. The van der Waals surface area contributed by atoms with Crippen LogP contribution in [0.1, 0.15) is 46.5 Å². The fraction of sp³-hybridized carbons (Fsp3) is 0.458. The number of nitrogens with one attached hydrogen (secondary N) is 1. The van der Waals surface area contributed by atoms with Crippen LogP contribution in [0, 0.1) is 0 Å². The highest BCUT2D eigenvalue weighted by molar-refractivity contribution is 5.38. The van der Waals surface area contributed by atoms with Crippen LogP contribution in [0.15, 0.2) is 54.6 Å². The maximum absolute atomic E-state index is 9.60. The van der Waals surface area contributed by atoms with E-state index >= 15 is 0 Å². The van der Waals surface area contributed by atoms with E-state index < -0.39 is 0 Å². The van der Waals surface area contributed by atoms with E-state index in [1.54, 1.807) is 0 Å². The Hall–Kier alpha value is -2.53. The van der Waals surface area contributed by atoms with Gasteiger partial charge in [0.2, 0.25) is 0 Å². The van der Waals surface area contributed by atoms with Gasteiger partial charge in [0.1, 0.15) is 22.8 Å². The average molecular weight is 400 g/mol. The van der Waals surface area contributed by atoms with E-state index in [4.69, 9.17) is 9.47 Å². The standard InChI is InChI=1S/C19H23NO2.C5H10O2/c1-2-8-17(9-3-1)22-19-11-6-10-18(15-19)21-14-12-16-7-4-5-13-20-16;1-5(2,3)7-4-6/h1-3,6,8-11,15-16,20H,4-5,7,12-14H2;4H,1-3H3/t16-;/m0./s1. The molecule has 1 aliphatic heterocycles. The average Bonchev–Trinajstić information content (AvgIpc) is 2.70. The predicted octanol–water partition coefficient (Wildman–Crippen LogP) is 5.35. The molecular weight excluding hydrogens is 366 g/mol. The first-order valence-corrected chi connectivity index (χ1v) is 10.3. The number of carbonyl (C=O) groups is 1. The molecule has 0 spiro atoms. The van der Waals surface area contributed by atoms with Crippen LogP contribution >= 0.6 is 0 Å². The van der Waals surface area contributed by atoms with Crippen molar-refractivity contribution < 1.29 is 19.0 Å². The molecule has 0 saturated carbocycles. The highest BCUT2D eigenvalue weighted by Crippen LogP contribution is 2.25. The summed E-state index contributed by atoms with van der Waals surface area (Å²) in [4.78, 5) is 9.60. The first-order valence-electron chi connectivity index (χ1n) is 10.3. The second kappa shape index (κ2) is 12.1. The third-order valence-corrected chi connectivity index (χ3v) is 4.33. The lowest BCUT2D eigenvalue weighted by Gasteiger charge is -2.23. The van der Waals surface area contributed by atoms with Gasteiger partial charge in [-0.3, -0.25) is 4.79 Å². The number of benzene rings is 2. The number of rotatable bonds is 7. The Bertz CT molecular complexity index is 706. The summed E-state index contributed by atoms with van der Waals surface area (Å²) in [6.07, 6.45) is 4.96. The van der Waals surface area contributed by atoms with E-state index in [9.17, 15) is 4.79 Å². The SMILES string of the molecule is CC(C)(C)OC=O.c1ccc(Oc2cccc(OCC[C@@H]3CCCCN3)c2)cc1. The van der Waals surface area contributed by atoms with Gasteiger partial charge in [-0.2, -0.15) is 0 Å². The molecule has 5 heteroatoms. The molecule has 158 valence electrons. The molecule has 2 aromatic rings. The van der Waals surface area contributed by atoms with E-state index in [1.807, 2.05) is 75.4 Å². The van der Waals surface area contributed by atoms with Crippen LogP contribution in [0.3, 0.4) is 0 Å². The molecule has 5 nitrogen and oxygen atoms in total. The van der Waals surface area contributed by atoms with Crippen molar-refractivity contribution in [2.75, 3.05) is 13.2 Å². The fourth-order valence-corrected chi connectivity index (χ4v) is 2.89. The molecule has 0 bridgehead atoms. The number of piperidine rings is 1. The zero-order chi connectivity index (χ0) is 21.0. The van der Waals surface area contributed by atoms with Crippen molar-refractivity contribution in [3.05, 3.63) is 54.6 Å². The Kier molecular flexibility index (Phi) is 9.51. The van der Waals surface area contributed by atoms with Crippen molar-refractivity contribution in [2.45, 2.75) is 58.1 Å². The monoisotopic (exact) mass is 399 g/mol. The van der Waals surface area contributed by atoms with Gasteiger partial charge in [0.05, 0.1) is 6.61 Å². The van der Waals surface area contributed by atoms with Gasteiger partial charge in [0.15, 0.2) is 0 Å². The van der Waals surface area contributed by atoms with Crippen molar-refractivity contribution in [3.63, 3.8) is 0 Å². The van der Waals surface area contributed by atoms with E-state index in [-0.39, 0.29) is 5.60 Å². The van der Waals surface area contributed by atoms with Crippen LogP contribution in [0.2, 0.25) is 0 Å². The number of para-hydroxylation sites is 1. The topological polar surface area (TPSA) is 56.8 Å². The minimum absolute atomic E-state index is 0.318. The number of hydrogen-bond acceptors (Lipinski definition) is 5. The molecule has 1 heterocycles. The molecule has 0 unspecified atom stereocenters. The normalized spacial score (nSPS) is 16.2. The summed E-state index contributed by atoms with van der Waals surface area (Å²) in [5, 5.41) is 3.54. The summed E-state index contributed by atoms with van der Waals surface area (Å²) >= 11 is 0. The second-order valence-corrected chi connectivity index (χ2v) is 8.00. The summed E-state index contributed by atoms with van der Waals surface area (Å²) in [6.45, 7) is 7.81. The van der Waals surface area contributed by atoms with E-state index in [0.717, 1.165) is 36.8 Å². The minimum Gasteiger partial charge on any atom is -0.493 e. The zero-order valence-corrected chi connectivity index (χ0v) is 17.7. The summed E-state index contributed by atoms with van der Waals surface area (Å²) < 4.78 is 16.2. The van der Waals surface area contributed by atoms with E-state index in [1.165, 1.54) is 19.3 Å². The highest BCUT2D eigenvalue weighted by atomic mass is 16.5. The van der Waals surface area contributed by atoms with Gasteiger partial charge in [-0.15, -0.1) is 0 Å². The van der Waals surface area contributed by atoms with Crippen LogP contribution in [0.25, 0.3) is 0 Å². The zero-order valence-electron chi connectivity index (χ0n) is 17.7. The maximum Gasteiger partial charge on any atom is 0.293 e. The molecule has 3 rings (SSSR count). The lowest BCUT2D eigenvalue weighted by atomic mass is 10.0. The smallest absolute Gasteiger partial charge is 0.293 e. The van der Waals surface area contributed by atoms with Gasteiger partial charge >= 0.3 is 0 Å². The molecule has 2 aromatic carbocycles. The second-order valence-electron chi connectivity index (χ2n) is 8.00. The lowest BCUT2D eigenvalue weighted by molar-refractivity contribution is -0.138. The van der Waals surface area contributed by atoms with Crippen molar-refractivity contribution in [2.24, 2.45) is 0 Å². The molecule has 29 heavy (non-hydrogen) atoms. The van der Waals surface area contributed by atoms with Gasteiger partial charge in [-0.05, 0) is 70.8 Å². The Balaban J connectivity index is 0.000000370. The van der Waals surface area contributed by atoms with Crippen LogP contribution in [0.5, 0.6) is 17.2 Å². The first-order chi connectivity index (χ1) is 14.0. The summed E-state index contributed by atoms with van der Waals surface area (Å²) in [5.74, 6) is 2.51. The maximum atomic E-state index is 9.60. The molecule has 1 saturated heterocycles. The molecule has 1 aliphatic rings. The molecule has 1 fully saturated rings. The van der Waals surface area contributed by atoms with Crippen molar-refractivity contribution >= 4 is 6.47 Å². The molecular formula is C24H33NO4. The highest BCUT2D eigenvalue weighted by Gasteiger charge is 2.12. The van der Waals surface area contributed by atoms with Gasteiger partial charge in [-0.1, -0.05) is 30.7 Å². The third-order valence-electron chi connectivity index (χ3n) is 4.33. The van der Waals surface area contributed by atoms with Gasteiger partial charge < -0.3 is 19.5 Å². The van der Waals surface area contributed by atoms with Crippen molar-refractivity contribution in [1.29, 1.82) is 0 Å². The molecule has 0 radical (unpaired) electrons. The summed E-state index contributed by atoms with van der Waals surface area (Å²) in [7, 11) is 0. The molecule has 0 amide bonds. The Morgan fingerprint density at radius 1 is 1.00 bits per heavy atom. The van der Waals surface area contributed by atoms with Crippen molar-refractivity contribution in [3.8, 4) is 17.2 Å². The van der Waals surface area contributed by atoms with Crippen LogP contribution in [0.4, 0.5) is 0 Å². The Labute approximate surface area is 174 Å². The number of ether oxygens (including phenoxy) is 3. The minimum atomic E-state index is -0.318. The van der Waals surface area contributed by atoms with E-state index in [0.29, 0.717) is 12.5 Å². The predicted molar refractivity (Wildman–Crippen MR) is 116 cm³/mol.